The Morgan fingerprint density at radius 2 is 1.70 bits per heavy atom. The van der Waals surface area contributed by atoms with Gasteiger partial charge < -0.3 is 0 Å². The second kappa shape index (κ2) is 7.83. The van der Waals surface area contributed by atoms with E-state index in [1.807, 2.05) is 6.07 Å². The second-order valence-electron chi connectivity index (χ2n) is 7.44. The Morgan fingerprint density at radius 3 is 2.41 bits per heavy atom. The van der Waals surface area contributed by atoms with Crippen molar-refractivity contribution in [2.24, 2.45) is 5.92 Å². The van der Waals surface area contributed by atoms with Crippen molar-refractivity contribution in [1.29, 1.82) is 0 Å². The van der Waals surface area contributed by atoms with E-state index in [1.165, 1.54) is 10.5 Å². The van der Waals surface area contributed by atoms with Crippen LogP contribution in [0.5, 0.6) is 0 Å². The number of piperidine rings is 1. The van der Waals surface area contributed by atoms with Gasteiger partial charge in [0.15, 0.2) is 0 Å². The summed E-state index contributed by atoms with van der Waals surface area (Å²) >= 11 is 6.03. The summed E-state index contributed by atoms with van der Waals surface area (Å²) in [6.45, 7) is 1.73. The summed E-state index contributed by atoms with van der Waals surface area (Å²) < 4.78 is 0. The number of halogens is 1. The van der Waals surface area contributed by atoms with Crippen LogP contribution < -0.4 is 4.90 Å². The summed E-state index contributed by atoms with van der Waals surface area (Å²) in [5.74, 6) is 0.377. The highest BCUT2D eigenvalue weighted by atomic mass is 35.5. The highest BCUT2D eigenvalue weighted by Crippen LogP contribution is 2.30. The van der Waals surface area contributed by atoms with Gasteiger partial charge in [0, 0.05) is 5.02 Å². The van der Waals surface area contributed by atoms with Crippen LogP contribution in [0.15, 0.2) is 54.6 Å². The molecule has 2 fully saturated rings. The fourth-order valence-corrected chi connectivity index (χ4v) is 4.39. The monoisotopic (exact) mass is 382 g/mol. The van der Waals surface area contributed by atoms with Crippen LogP contribution in [-0.4, -0.2) is 35.8 Å². The van der Waals surface area contributed by atoms with Gasteiger partial charge in [0.25, 0.3) is 5.91 Å². The van der Waals surface area contributed by atoms with Gasteiger partial charge in [0.05, 0.1) is 18.2 Å². The normalized spacial score (nSPS) is 21.8. The Morgan fingerprint density at radius 1 is 0.963 bits per heavy atom. The maximum absolute atomic E-state index is 12.9. The van der Waals surface area contributed by atoms with Crippen molar-refractivity contribution in [2.75, 3.05) is 18.0 Å². The lowest BCUT2D eigenvalue weighted by Crippen LogP contribution is -2.46. The maximum Gasteiger partial charge on any atom is 0.251 e. The fraction of sp³-hybridized carbons (Fsp3) is 0.364. The molecule has 5 heteroatoms. The third-order valence-corrected chi connectivity index (χ3v) is 5.88. The lowest BCUT2D eigenvalue weighted by molar-refractivity contribution is -0.123. The van der Waals surface area contributed by atoms with Crippen LogP contribution in [0.25, 0.3) is 0 Å². The standard InChI is InChI=1S/C22H23ClN2O2/c23-18-7-4-8-19(14-18)25-21(26)15-20(22(25)27)24-11-9-17(10-12-24)13-16-5-2-1-3-6-16/h1-8,14,17,20H,9-13,15H2. The third-order valence-electron chi connectivity index (χ3n) is 5.65. The molecule has 0 saturated carbocycles. The highest BCUT2D eigenvalue weighted by Gasteiger charge is 2.43. The van der Waals surface area contributed by atoms with E-state index in [0.717, 1.165) is 32.4 Å². The molecule has 27 heavy (non-hydrogen) atoms. The third kappa shape index (κ3) is 3.92. The Hall–Kier alpha value is -2.17. The minimum Gasteiger partial charge on any atom is -0.292 e. The fourth-order valence-electron chi connectivity index (χ4n) is 4.20. The molecule has 0 N–H and O–H groups in total. The average molecular weight is 383 g/mol. The summed E-state index contributed by atoms with van der Waals surface area (Å²) in [4.78, 5) is 28.9. The van der Waals surface area contributed by atoms with Crippen LogP contribution in [0, 0.1) is 5.92 Å². The predicted octanol–water partition coefficient (Wildman–Crippen LogP) is 3.93. The summed E-state index contributed by atoms with van der Waals surface area (Å²) in [7, 11) is 0. The molecule has 2 aromatic carbocycles. The molecular weight excluding hydrogens is 360 g/mol. The lowest BCUT2D eigenvalue weighted by Gasteiger charge is -2.34. The SMILES string of the molecule is O=C1CC(N2CCC(Cc3ccccc3)CC2)C(=O)N1c1cccc(Cl)c1. The van der Waals surface area contributed by atoms with Gasteiger partial charge in [-0.25, -0.2) is 4.90 Å². The molecule has 2 heterocycles. The van der Waals surface area contributed by atoms with Crippen molar-refractivity contribution in [2.45, 2.75) is 31.7 Å². The number of carbonyl (C=O) groups is 2. The first-order chi connectivity index (χ1) is 13.1. The van der Waals surface area contributed by atoms with Gasteiger partial charge in [-0.3, -0.25) is 14.5 Å². The molecule has 1 unspecified atom stereocenters. The molecule has 4 nitrogen and oxygen atoms in total. The van der Waals surface area contributed by atoms with Gasteiger partial charge in [-0.05, 0) is 62.0 Å². The first-order valence-electron chi connectivity index (χ1n) is 9.52. The van der Waals surface area contributed by atoms with Crippen molar-refractivity contribution in [3.05, 3.63) is 65.2 Å². The first-order valence-corrected chi connectivity index (χ1v) is 9.90. The van der Waals surface area contributed by atoms with E-state index < -0.39 is 0 Å². The number of likely N-dealkylation sites (tertiary alicyclic amines) is 1. The number of nitrogens with zero attached hydrogens (tertiary/aromatic N) is 2. The van der Waals surface area contributed by atoms with Gasteiger partial charge in [-0.15, -0.1) is 0 Å². The van der Waals surface area contributed by atoms with Crippen LogP contribution in [0.1, 0.15) is 24.8 Å². The summed E-state index contributed by atoms with van der Waals surface area (Å²) in [6, 6.07) is 17.2. The zero-order chi connectivity index (χ0) is 18.8. The van der Waals surface area contributed by atoms with E-state index in [9.17, 15) is 9.59 Å². The van der Waals surface area contributed by atoms with Crippen molar-refractivity contribution in [1.82, 2.24) is 4.90 Å². The van der Waals surface area contributed by atoms with E-state index >= 15 is 0 Å². The number of benzene rings is 2. The van der Waals surface area contributed by atoms with Gasteiger partial charge >= 0.3 is 0 Å². The molecular formula is C22H23ClN2O2. The Balaban J connectivity index is 1.39. The molecule has 2 saturated heterocycles. The minimum atomic E-state index is -0.339. The zero-order valence-corrected chi connectivity index (χ0v) is 15.9. The molecule has 2 aliphatic heterocycles. The molecule has 2 aromatic rings. The number of rotatable bonds is 4. The Labute approximate surface area is 164 Å². The van der Waals surface area contributed by atoms with Crippen LogP contribution in [0.4, 0.5) is 5.69 Å². The van der Waals surface area contributed by atoms with E-state index in [2.05, 4.69) is 29.2 Å². The number of anilines is 1. The van der Waals surface area contributed by atoms with Crippen molar-refractivity contribution < 1.29 is 9.59 Å². The average Bonchev–Trinajstić information content (AvgIpc) is 2.97. The molecule has 0 aliphatic carbocycles. The van der Waals surface area contributed by atoms with Crippen molar-refractivity contribution >= 4 is 29.1 Å². The van der Waals surface area contributed by atoms with Crippen LogP contribution in [-0.2, 0) is 16.0 Å². The number of carbonyl (C=O) groups excluding carboxylic acids is 2. The molecule has 0 radical (unpaired) electrons. The van der Waals surface area contributed by atoms with Gasteiger partial charge in [-0.1, -0.05) is 48.0 Å². The largest absolute Gasteiger partial charge is 0.292 e. The van der Waals surface area contributed by atoms with Crippen molar-refractivity contribution in [3.8, 4) is 0 Å². The summed E-state index contributed by atoms with van der Waals surface area (Å²) in [5, 5.41) is 0.526. The van der Waals surface area contributed by atoms with E-state index in [0.29, 0.717) is 16.6 Å². The van der Waals surface area contributed by atoms with Crippen LogP contribution >= 0.6 is 11.6 Å². The quantitative estimate of drug-likeness (QED) is 0.752. The molecule has 140 valence electrons. The van der Waals surface area contributed by atoms with Crippen molar-refractivity contribution in [3.63, 3.8) is 0 Å². The molecule has 4 rings (SSSR count). The second-order valence-corrected chi connectivity index (χ2v) is 7.87. The van der Waals surface area contributed by atoms with E-state index in [4.69, 9.17) is 11.6 Å². The number of amides is 2. The van der Waals surface area contributed by atoms with E-state index in [-0.39, 0.29) is 24.3 Å². The lowest BCUT2D eigenvalue weighted by atomic mass is 9.89. The summed E-state index contributed by atoms with van der Waals surface area (Å²) in [6.07, 6.45) is 3.46. The highest BCUT2D eigenvalue weighted by molar-refractivity contribution is 6.31. The topological polar surface area (TPSA) is 40.6 Å². The summed E-state index contributed by atoms with van der Waals surface area (Å²) in [5.41, 5.74) is 1.94. The molecule has 2 amide bonds. The number of hydrogen-bond acceptors (Lipinski definition) is 3. The zero-order valence-electron chi connectivity index (χ0n) is 15.2. The van der Waals surface area contributed by atoms with E-state index in [1.54, 1.807) is 24.3 Å². The van der Waals surface area contributed by atoms with Gasteiger partial charge in [0.1, 0.15) is 0 Å². The number of imide groups is 1. The predicted molar refractivity (Wildman–Crippen MR) is 107 cm³/mol. The smallest absolute Gasteiger partial charge is 0.251 e. The first kappa shape index (κ1) is 18.2. The Bertz CT molecular complexity index is 831. The molecule has 0 aromatic heterocycles. The molecule has 2 aliphatic rings. The van der Waals surface area contributed by atoms with Crippen LogP contribution in [0.3, 0.4) is 0 Å². The minimum absolute atomic E-state index is 0.122. The molecule has 0 spiro atoms. The molecule has 1 atom stereocenters. The van der Waals surface area contributed by atoms with Crippen LogP contribution in [0.2, 0.25) is 5.02 Å². The maximum atomic E-state index is 12.9. The van der Waals surface area contributed by atoms with Gasteiger partial charge in [-0.2, -0.15) is 0 Å². The molecule has 0 bridgehead atoms. The number of hydrogen-bond donors (Lipinski definition) is 0. The van der Waals surface area contributed by atoms with Gasteiger partial charge in [0.2, 0.25) is 5.91 Å². The Kier molecular flexibility index (Phi) is 5.28.